The van der Waals surface area contributed by atoms with Gasteiger partial charge in [-0.25, -0.2) is 0 Å². The Kier molecular flexibility index (Phi) is 4.07. The fourth-order valence-corrected chi connectivity index (χ4v) is 1.72. The van der Waals surface area contributed by atoms with Gasteiger partial charge in [0, 0.05) is 13.7 Å². The van der Waals surface area contributed by atoms with Gasteiger partial charge in [-0.2, -0.15) is 4.98 Å². The molecule has 1 heterocycles. The third-order valence-electron chi connectivity index (χ3n) is 2.91. The normalized spacial score (nSPS) is 14.4. The molecule has 96 valence electrons. The summed E-state index contributed by atoms with van der Waals surface area (Å²) in [7, 11) is 1.61. The number of methoxy groups -OCH3 is 1. The quantitative estimate of drug-likeness (QED) is 0.873. The van der Waals surface area contributed by atoms with Gasteiger partial charge in [-0.1, -0.05) is 35.5 Å². The van der Waals surface area contributed by atoms with Crippen LogP contribution in [0.4, 0.5) is 0 Å². The minimum atomic E-state index is -0.184. The predicted molar refractivity (Wildman–Crippen MR) is 67.1 cm³/mol. The van der Waals surface area contributed by atoms with Gasteiger partial charge in [0.05, 0.1) is 5.92 Å². The molecule has 5 nitrogen and oxygen atoms in total. The molecule has 18 heavy (non-hydrogen) atoms. The van der Waals surface area contributed by atoms with Crippen LogP contribution in [-0.4, -0.2) is 23.8 Å². The highest BCUT2D eigenvalue weighted by atomic mass is 16.5. The maximum Gasteiger partial charge on any atom is 0.235 e. The Labute approximate surface area is 106 Å². The first-order chi connectivity index (χ1) is 8.76. The van der Waals surface area contributed by atoms with E-state index in [2.05, 4.69) is 10.1 Å². The van der Waals surface area contributed by atoms with Crippen molar-refractivity contribution in [1.82, 2.24) is 10.1 Å². The van der Waals surface area contributed by atoms with Crippen molar-refractivity contribution in [1.29, 1.82) is 0 Å². The van der Waals surface area contributed by atoms with Crippen LogP contribution in [0.3, 0.4) is 0 Å². The summed E-state index contributed by atoms with van der Waals surface area (Å²) < 4.78 is 10.4. The lowest BCUT2D eigenvalue weighted by atomic mass is 9.99. The number of aromatic nitrogens is 2. The van der Waals surface area contributed by atoms with Gasteiger partial charge in [0.1, 0.15) is 6.10 Å². The second-order valence-electron chi connectivity index (χ2n) is 4.07. The zero-order chi connectivity index (χ0) is 13.0. The monoisotopic (exact) mass is 247 g/mol. The maximum absolute atomic E-state index is 5.80. The molecule has 1 aromatic heterocycles. The first-order valence-corrected chi connectivity index (χ1v) is 5.87. The molecule has 0 aliphatic rings. The average molecular weight is 247 g/mol. The van der Waals surface area contributed by atoms with Crippen LogP contribution in [0.1, 0.15) is 36.2 Å². The molecule has 1 aromatic carbocycles. The summed E-state index contributed by atoms with van der Waals surface area (Å²) in [5.74, 6) is 1.00. The summed E-state index contributed by atoms with van der Waals surface area (Å²) in [6, 6.07) is 9.89. The smallest absolute Gasteiger partial charge is 0.235 e. The second kappa shape index (κ2) is 5.75. The van der Waals surface area contributed by atoms with E-state index in [-0.39, 0.29) is 12.0 Å². The molecular formula is C13H17N3O2. The van der Waals surface area contributed by atoms with Gasteiger partial charge in [-0.3, -0.25) is 0 Å². The molecule has 0 saturated carbocycles. The van der Waals surface area contributed by atoms with Crippen LogP contribution in [0.5, 0.6) is 0 Å². The zero-order valence-corrected chi connectivity index (χ0v) is 10.5. The van der Waals surface area contributed by atoms with Gasteiger partial charge in [-0.05, 0) is 12.5 Å². The zero-order valence-electron chi connectivity index (χ0n) is 10.5. The topological polar surface area (TPSA) is 74.2 Å². The molecule has 0 spiro atoms. The van der Waals surface area contributed by atoms with Crippen LogP contribution in [0.15, 0.2) is 34.9 Å². The fraction of sp³-hybridized carbons (Fsp3) is 0.385. The van der Waals surface area contributed by atoms with E-state index in [1.807, 2.05) is 37.3 Å². The maximum atomic E-state index is 5.80. The van der Waals surface area contributed by atoms with Crippen molar-refractivity contribution in [3.8, 4) is 0 Å². The number of benzene rings is 1. The summed E-state index contributed by atoms with van der Waals surface area (Å²) in [4.78, 5) is 4.35. The number of nitrogens with zero attached hydrogens (tertiary/aromatic N) is 2. The third-order valence-corrected chi connectivity index (χ3v) is 2.91. The van der Waals surface area contributed by atoms with E-state index in [4.69, 9.17) is 15.0 Å². The van der Waals surface area contributed by atoms with Crippen molar-refractivity contribution in [2.24, 2.45) is 5.73 Å². The molecule has 2 unspecified atom stereocenters. The fourth-order valence-electron chi connectivity index (χ4n) is 1.72. The van der Waals surface area contributed by atoms with Crippen molar-refractivity contribution in [2.45, 2.75) is 18.9 Å². The number of hydrogen-bond donors (Lipinski definition) is 1. The van der Waals surface area contributed by atoms with E-state index in [1.165, 1.54) is 0 Å². The first-order valence-electron chi connectivity index (χ1n) is 5.87. The van der Waals surface area contributed by atoms with E-state index in [1.54, 1.807) is 7.11 Å². The van der Waals surface area contributed by atoms with Crippen LogP contribution in [0.25, 0.3) is 0 Å². The molecule has 0 aliphatic carbocycles. The molecule has 0 amide bonds. The number of hydrogen-bond acceptors (Lipinski definition) is 5. The molecule has 5 heteroatoms. The Hall–Kier alpha value is -1.72. The molecular weight excluding hydrogens is 230 g/mol. The Balaban J connectivity index is 2.26. The predicted octanol–water partition coefficient (Wildman–Crippen LogP) is 1.87. The molecule has 0 saturated heterocycles. The van der Waals surface area contributed by atoms with Crippen LogP contribution in [0, 0.1) is 0 Å². The minimum Gasteiger partial charge on any atom is -0.374 e. The molecule has 0 aliphatic heterocycles. The average Bonchev–Trinajstić information content (AvgIpc) is 2.89. The highest BCUT2D eigenvalue weighted by Gasteiger charge is 2.21. The number of nitrogens with two attached hydrogens (primary N) is 1. The summed E-state index contributed by atoms with van der Waals surface area (Å²) in [6.07, 6.45) is -0.184. The SMILES string of the molecule is COC(C)c1noc(C(CN)c2ccccc2)n1. The molecule has 2 atom stereocenters. The van der Waals surface area contributed by atoms with Gasteiger partial charge >= 0.3 is 0 Å². The highest BCUT2D eigenvalue weighted by Crippen LogP contribution is 2.23. The van der Waals surface area contributed by atoms with E-state index in [0.717, 1.165) is 5.56 Å². The van der Waals surface area contributed by atoms with Crippen molar-refractivity contribution in [2.75, 3.05) is 13.7 Å². The number of ether oxygens (including phenoxy) is 1. The summed E-state index contributed by atoms with van der Waals surface area (Å²) >= 11 is 0. The lowest BCUT2D eigenvalue weighted by molar-refractivity contribution is 0.109. The minimum absolute atomic E-state index is 0.0727. The van der Waals surface area contributed by atoms with Crippen molar-refractivity contribution in [3.05, 3.63) is 47.6 Å². The van der Waals surface area contributed by atoms with Crippen LogP contribution in [0.2, 0.25) is 0 Å². The molecule has 0 fully saturated rings. The molecule has 0 bridgehead atoms. The Bertz CT molecular complexity index is 484. The largest absolute Gasteiger partial charge is 0.374 e. The van der Waals surface area contributed by atoms with Crippen LogP contribution >= 0.6 is 0 Å². The number of rotatable bonds is 5. The van der Waals surface area contributed by atoms with Crippen molar-refractivity contribution < 1.29 is 9.26 Å². The van der Waals surface area contributed by atoms with Gasteiger partial charge in [0.15, 0.2) is 5.82 Å². The Morgan fingerprint density at radius 1 is 1.33 bits per heavy atom. The molecule has 2 N–H and O–H groups in total. The second-order valence-corrected chi connectivity index (χ2v) is 4.07. The van der Waals surface area contributed by atoms with Gasteiger partial charge in [-0.15, -0.1) is 0 Å². The summed E-state index contributed by atoms with van der Waals surface area (Å²) in [5.41, 5.74) is 6.87. The lowest BCUT2D eigenvalue weighted by Gasteiger charge is -2.09. The molecule has 2 aromatic rings. The van der Waals surface area contributed by atoms with Crippen molar-refractivity contribution in [3.63, 3.8) is 0 Å². The highest BCUT2D eigenvalue weighted by molar-refractivity contribution is 5.24. The van der Waals surface area contributed by atoms with E-state index in [0.29, 0.717) is 18.3 Å². The lowest BCUT2D eigenvalue weighted by Crippen LogP contribution is -2.14. The Morgan fingerprint density at radius 2 is 2.06 bits per heavy atom. The van der Waals surface area contributed by atoms with Gasteiger partial charge in [0.25, 0.3) is 0 Å². The molecule has 2 rings (SSSR count). The first kappa shape index (κ1) is 12.7. The van der Waals surface area contributed by atoms with E-state index >= 15 is 0 Å². The third kappa shape index (κ3) is 2.57. The summed E-state index contributed by atoms with van der Waals surface area (Å²) in [5, 5.41) is 3.91. The van der Waals surface area contributed by atoms with Crippen LogP contribution < -0.4 is 5.73 Å². The van der Waals surface area contributed by atoms with Gasteiger partial charge in [0.2, 0.25) is 5.89 Å². The molecule has 0 radical (unpaired) electrons. The van der Waals surface area contributed by atoms with E-state index < -0.39 is 0 Å². The van der Waals surface area contributed by atoms with Crippen molar-refractivity contribution >= 4 is 0 Å². The standard InChI is InChI=1S/C13H17N3O2/c1-9(17-2)12-15-13(18-16-12)11(8-14)10-6-4-3-5-7-10/h3-7,9,11H,8,14H2,1-2H3. The van der Waals surface area contributed by atoms with Crippen LogP contribution in [-0.2, 0) is 4.74 Å². The van der Waals surface area contributed by atoms with E-state index in [9.17, 15) is 0 Å². The van der Waals surface area contributed by atoms with Gasteiger partial charge < -0.3 is 15.0 Å². The Morgan fingerprint density at radius 3 is 2.67 bits per heavy atom. The summed E-state index contributed by atoms with van der Waals surface area (Å²) in [6.45, 7) is 2.29.